The minimum atomic E-state index is -0.558. The molecular formula is C17H27N5O2. The summed E-state index contributed by atoms with van der Waals surface area (Å²) < 4.78 is 7.25. The van der Waals surface area contributed by atoms with Crippen LogP contribution in [0, 0.1) is 0 Å². The molecule has 0 aromatic carbocycles. The molecule has 1 fully saturated rings. The van der Waals surface area contributed by atoms with Crippen molar-refractivity contribution >= 4 is 0 Å². The van der Waals surface area contributed by atoms with Gasteiger partial charge in [0.2, 0.25) is 0 Å². The van der Waals surface area contributed by atoms with Crippen molar-refractivity contribution in [1.82, 2.24) is 25.1 Å². The first-order valence-corrected chi connectivity index (χ1v) is 8.98. The van der Waals surface area contributed by atoms with Crippen LogP contribution in [0.15, 0.2) is 22.8 Å². The van der Waals surface area contributed by atoms with Gasteiger partial charge in [0.15, 0.2) is 5.82 Å². The number of furan rings is 1. The Morgan fingerprint density at radius 1 is 1.38 bits per heavy atom. The van der Waals surface area contributed by atoms with Gasteiger partial charge in [0, 0.05) is 12.6 Å². The molecule has 2 atom stereocenters. The minimum absolute atomic E-state index is 0.319. The van der Waals surface area contributed by atoms with E-state index in [4.69, 9.17) is 4.42 Å². The molecule has 7 heteroatoms. The number of rotatable bonds is 7. The van der Waals surface area contributed by atoms with E-state index in [9.17, 15) is 5.11 Å². The molecule has 0 bridgehead atoms. The molecule has 7 nitrogen and oxygen atoms in total. The van der Waals surface area contributed by atoms with Gasteiger partial charge in [-0.25, -0.2) is 4.68 Å². The number of aryl methyl sites for hydroxylation is 1. The molecular weight excluding hydrogens is 306 g/mol. The zero-order valence-electron chi connectivity index (χ0n) is 14.3. The highest BCUT2D eigenvalue weighted by molar-refractivity contribution is 5.02. The van der Waals surface area contributed by atoms with E-state index in [0.717, 1.165) is 38.3 Å². The third-order valence-electron chi connectivity index (χ3n) is 4.75. The number of nitrogens with zero attached hydrogens (tertiary/aromatic N) is 5. The lowest BCUT2D eigenvalue weighted by atomic mass is 10.0. The maximum Gasteiger partial charge on any atom is 0.165 e. The van der Waals surface area contributed by atoms with Gasteiger partial charge in [-0.15, -0.1) is 5.10 Å². The summed E-state index contributed by atoms with van der Waals surface area (Å²) in [6.07, 6.45) is 7.47. The average Bonchev–Trinajstić information content (AvgIpc) is 3.20. The zero-order valence-corrected chi connectivity index (χ0v) is 14.3. The van der Waals surface area contributed by atoms with Crippen LogP contribution in [-0.2, 0) is 13.1 Å². The van der Waals surface area contributed by atoms with Crippen LogP contribution < -0.4 is 0 Å². The highest BCUT2D eigenvalue weighted by atomic mass is 16.4. The smallest absolute Gasteiger partial charge is 0.165 e. The fourth-order valence-corrected chi connectivity index (χ4v) is 3.47. The summed E-state index contributed by atoms with van der Waals surface area (Å²) in [6, 6.07) is 3.98. The molecule has 3 heterocycles. The molecule has 0 aliphatic carbocycles. The van der Waals surface area contributed by atoms with Crippen molar-refractivity contribution in [3.05, 3.63) is 30.0 Å². The lowest BCUT2D eigenvalue weighted by Gasteiger charge is -2.30. The lowest BCUT2D eigenvalue weighted by molar-refractivity contribution is 0.0811. The molecule has 2 aromatic heterocycles. The topological polar surface area (TPSA) is 80.2 Å². The van der Waals surface area contributed by atoms with Crippen molar-refractivity contribution in [2.45, 2.75) is 70.7 Å². The highest BCUT2D eigenvalue weighted by Gasteiger charge is 2.26. The first-order chi connectivity index (χ1) is 11.8. The Labute approximate surface area is 142 Å². The number of tetrazole rings is 1. The largest absolute Gasteiger partial charge is 0.467 e. The van der Waals surface area contributed by atoms with E-state index >= 15 is 0 Å². The molecule has 0 saturated carbocycles. The monoisotopic (exact) mass is 333 g/mol. The molecule has 1 aliphatic heterocycles. The van der Waals surface area contributed by atoms with Crippen LogP contribution in [0.5, 0.6) is 0 Å². The summed E-state index contributed by atoms with van der Waals surface area (Å²) in [6.45, 7) is 4.73. The standard InChI is InChI=1S/C17H27N5O2/c1-2-9-22-17(18-19-20-22)13-21-10-5-3-4-7-14(21)12-15(23)16-8-6-11-24-16/h6,8,11,14-15,23H,2-5,7,9-10,12-13H2,1H3/t14-,15+/m1/s1. The molecule has 24 heavy (non-hydrogen) atoms. The first-order valence-electron chi connectivity index (χ1n) is 8.98. The number of aliphatic hydroxyl groups excluding tert-OH is 1. The fraction of sp³-hybridized carbons (Fsp3) is 0.706. The molecule has 3 rings (SSSR count). The fourth-order valence-electron chi connectivity index (χ4n) is 3.47. The maximum absolute atomic E-state index is 10.5. The van der Waals surface area contributed by atoms with E-state index in [1.54, 1.807) is 6.26 Å². The minimum Gasteiger partial charge on any atom is -0.467 e. The van der Waals surface area contributed by atoms with Gasteiger partial charge >= 0.3 is 0 Å². The molecule has 0 amide bonds. The van der Waals surface area contributed by atoms with Crippen molar-refractivity contribution in [3.63, 3.8) is 0 Å². The zero-order chi connectivity index (χ0) is 16.8. The van der Waals surface area contributed by atoms with E-state index < -0.39 is 6.10 Å². The van der Waals surface area contributed by atoms with Crippen LogP contribution in [0.2, 0.25) is 0 Å². The summed E-state index contributed by atoms with van der Waals surface area (Å²) in [5.41, 5.74) is 0. The third kappa shape index (κ3) is 4.21. The van der Waals surface area contributed by atoms with Crippen LogP contribution >= 0.6 is 0 Å². The van der Waals surface area contributed by atoms with Gasteiger partial charge in [0.05, 0.1) is 12.8 Å². The molecule has 0 spiro atoms. The summed E-state index contributed by atoms with van der Waals surface area (Å²) in [4.78, 5) is 2.43. The van der Waals surface area contributed by atoms with E-state index in [1.807, 2.05) is 16.8 Å². The Balaban J connectivity index is 1.69. The van der Waals surface area contributed by atoms with Gasteiger partial charge in [-0.1, -0.05) is 19.8 Å². The SMILES string of the molecule is CCCn1nnnc1CN1CCCCC[C@@H]1C[C@H](O)c1ccco1. The van der Waals surface area contributed by atoms with Gasteiger partial charge in [0.25, 0.3) is 0 Å². The number of aliphatic hydroxyl groups is 1. The van der Waals surface area contributed by atoms with Gasteiger partial charge in [-0.2, -0.15) is 0 Å². The maximum atomic E-state index is 10.5. The molecule has 0 radical (unpaired) electrons. The van der Waals surface area contributed by atoms with Crippen molar-refractivity contribution in [3.8, 4) is 0 Å². The summed E-state index contributed by atoms with van der Waals surface area (Å²) in [5.74, 6) is 1.56. The van der Waals surface area contributed by atoms with E-state index in [-0.39, 0.29) is 0 Å². The van der Waals surface area contributed by atoms with Crippen molar-refractivity contribution < 1.29 is 9.52 Å². The lowest BCUT2D eigenvalue weighted by Crippen LogP contribution is -2.36. The normalized spacial score (nSPS) is 20.8. The Morgan fingerprint density at radius 2 is 2.29 bits per heavy atom. The van der Waals surface area contributed by atoms with Crippen molar-refractivity contribution in [1.29, 1.82) is 0 Å². The molecule has 1 aliphatic rings. The average molecular weight is 333 g/mol. The Morgan fingerprint density at radius 3 is 3.08 bits per heavy atom. The predicted octanol–water partition coefficient (Wildman–Crippen LogP) is 2.54. The summed E-state index contributed by atoms with van der Waals surface area (Å²) in [5, 5.41) is 22.6. The van der Waals surface area contributed by atoms with Gasteiger partial charge in [-0.05, 0) is 54.8 Å². The van der Waals surface area contributed by atoms with Crippen LogP contribution in [0.4, 0.5) is 0 Å². The van der Waals surface area contributed by atoms with Gasteiger partial charge in [0.1, 0.15) is 11.9 Å². The van der Waals surface area contributed by atoms with Crippen molar-refractivity contribution in [2.75, 3.05) is 6.54 Å². The van der Waals surface area contributed by atoms with Crippen LogP contribution in [0.3, 0.4) is 0 Å². The highest BCUT2D eigenvalue weighted by Crippen LogP contribution is 2.27. The molecule has 1 saturated heterocycles. The van der Waals surface area contributed by atoms with Crippen molar-refractivity contribution in [2.24, 2.45) is 0 Å². The first kappa shape index (κ1) is 17.1. The van der Waals surface area contributed by atoms with E-state index in [0.29, 0.717) is 18.2 Å². The second-order valence-electron chi connectivity index (χ2n) is 6.56. The second kappa shape index (κ2) is 8.39. The number of likely N-dealkylation sites (tertiary alicyclic amines) is 1. The number of hydrogen-bond acceptors (Lipinski definition) is 6. The predicted molar refractivity (Wildman–Crippen MR) is 89.1 cm³/mol. The van der Waals surface area contributed by atoms with Crippen LogP contribution in [0.25, 0.3) is 0 Å². The Bertz CT molecular complexity index is 598. The van der Waals surface area contributed by atoms with E-state index in [2.05, 4.69) is 27.3 Å². The van der Waals surface area contributed by atoms with E-state index in [1.165, 1.54) is 19.3 Å². The summed E-state index contributed by atoms with van der Waals surface area (Å²) in [7, 11) is 0. The molecule has 1 N–H and O–H groups in total. The van der Waals surface area contributed by atoms with Crippen LogP contribution in [0.1, 0.15) is 63.1 Å². The Hall–Kier alpha value is -1.73. The number of hydrogen-bond donors (Lipinski definition) is 1. The van der Waals surface area contributed by atoms with Crippen LogP contribution in [-0.4, -0.2) is 42.8 Å². The van der Waals surface area contributed by atoms with Gasteiger partial charge < -0.3 is 9.52 Å². The molecule has 0 unspecified atom stereocenters. The molecule has 132 valence electrons. The summed E-state index contributed by atoms with van der Waals surface area (Å²) >= 11 is 0. The quantitative estimate of drug-likeness (QED) is 0.839. The Kier molecular flexibility index (Phi) is 5.98. The molecule has 2 aromatic rings. The number of aromatic nitrogens is 4. The second-order valence-corrected chi connectivity index (χ2v) is 6.56. The van der Waals surface area contributed by atoms with Gasteiger partial charge in [-0.3, -0.25) is 4.90 Å². The third-order valence-corrected chi connectivity index (χ3v) is 4.75.